The van der Waals surface area contributed by atoms with Crippen LogP contribution in [0.1, 0.15) is 32.3 Å². The van der Waals surface area contributed by atoms with Crippen LogP contribution in [0, 0.1) is 5.92 Å². The Hall–Kier alpha value is -0.890. The molecule has 2 unspecified atom stereocenters. The average molecular weight is 236 g/mol. The molecule has 16 heavy (non-hydrogen) atoms. The lowest BCUT2D eigenvalue weighted by molar-refractivity contribution is 0.261. The number of alkyl halides is 1. The fraction of sp³-hybridized carbons (Fsp3) is 0.429. The number of fused-ring (bicyclic) bond motifs is 1. The van der Waals surface area contributed by atoms with Crippen LogP contribution < -0.4 is 0 Å². The van der Waals surface area contributed by atoms with Gasteiger partial charge in [-0.3, -0.25) is 0 Å². The zero-order valence-corrected chi connectivity index (χ0v) is 10.7. The van der Waals surface area contributed by atoms with E-state index in [0.29, 0.717) is 5.92 Å². The van der Waals surface area contributed by atoms with Crippen molar-refractivity contribution in [1.29, 1.82) is 0 Å². The molecule has 1 aromatic carbocycles. The molecule has 0 spiro atoms. The fourth-order valence-electron chi connectivity index (χ4n) is 2.37. The van der Waals surface area contributed by atoms with Crippen molar-refractivity contribution in [3.63, 3.8) is 0 Å². The van der Waals surface area contributed by atoms with Crippen molar-refractivity contribution in [3.8, 4) is 0 Å². The quantitative estimate of drug-likeness (QED) is 0.703. The summed E-state index contributed by atoms with van der Waals surface area (Å²) in [5, 5.41) is 3.31. The second kappa shape index (κ2) is 4.54. The summed E-state index contributed by atoms with van der Waals surface area (Å²) in [5.74, 6) is 0.334. The van der Waals surface area contributed by atoms with Crippen molar-refractivity contribution in [2.45, 2.75) is 32.9 Å². The predicted octanol–water partition coefficient (Wildman–Crippen LogP) is 5.00. The summed E-state index contributed by atoms with van der Waals surface area (Å²) in [5.41, 5.74) is 1.12. The first-order chi connectivity index (χ1) is 7.59. The van der Waals surface area contributed by atoms with Crippen molar-refractivity contribution in [2.75, 3.05) is 0 Å². The first-order valence-corrected chi connectivity index (χ1v) is 6.59. The zero-order chi connectivity index (χ0) is 11.7. The van der Waals surface area contributed by atoms with Gasteiger partial charge < -0.3 is 0 Å². The Bertz CT molecular complexity index is 462. The van der Waals surface area contributed by atoms with Gasteiger partial charge in [0, 0.05) is 10.6 Å². The van der Waals surface area contributed by atoms with E-state index in [2.05, 4.69) is 43.5 Å². The third-order valence-electron chi connectivity index (χ3n) is 3.07. The van der Waals surface area contributed by atoms with Crippen molar-refractivity contribution < 1.29 is 4.39 Å². The Balaban J connectivity index is 2.44. The van der Waals surface area contributed by atoms with Gasteiger partial charge in [0.2, 0.25) is 0 Å². The summed E-state index contributed by atoms with van der Waals surface area (Å²) in [6.45, 7) is 5.82. The fourth-order valence-corrected chi connectivity index (χ4v) is 3.14. The summed E-state index contributed by atoms with van der Waals surface area (Å²) < 4.78 is 14.9. The molecule has 0 saturated carbocycles. The van der Waals surface area contributed by atoms with E-state index in [1.807, 2.05) is 0 Å². The molecule has 2 aromatic rings. The Kier molecular flexibility index (Phi) is 3.29. The molecular formula is C14H17FS. The van der Waals surface area contributed by atoms with Crippen LogP contribution in [0.15, 0.2) is 29.6 Å². The number of hydrogen-bond acceptors (Lipinski definition) is 1. The lowest BCUT2D eigenvalue weighted by Gasteiger charge is -2.22. The summed E-state index contributed by atoms with van der Waals surface area (Å²) in [6.07, 6.45) is -0.795. The Morgan fingerprint density at radius 1 is 1.12 bits per heavy atom. The van der Waals surface area contributed by atoms with Crippen molar-refractivity contribution in [3.05, 3.63) is 35.2 Å². The molecule has 0 saturated heterocycles. The molecule has 0 nitrogen and oxygen atoms in total. The molecule has 86 valence electrons. The molecule has 2 atom stereocenters. The maximum Gasteiger partial charge on any atom is 0.104 e. The highest BCUT2D eigenvalue weighted by Crippen LogP contribution is 2.32. The number of benzene rings is 1. The van der Waals surface area contributed by atoms with Crippen molar-refractivity contribution >= 4 is 21.4 Å². The van der Waals surface area contributed by atoms with Gasteiger partial charge in [0.15, 0.2) is 0 Å². The molecule has 0 N–H and O–H groups in total. The van der Waals surface area contributed by atoms with Gasteiger partial charge in [-0.05, 0) is 47.4 Å². The molecule has 0 aliphatic carbocycles. The lowest BCUT2D eigenvalue weighted by Crippen LogP contribution is -2.16. The molecule has 1 heterocycles. The van der Waals surface area contributed by atoms with Crippen LogP contribution >= 0.6 is 11.3 Å². The molecular weight excluding hydrogens is 219 g/mol. The molecule has 0 bridgehead atoms. The van der Waals surface area contributed by atoms with Crippen molar-refractivity contribution in [2.24, 2.45) is 5.92 Å². The minimum atomic E-state index is -0.795. The first kappa shape index (κ1) is 11.6. The van der Waals surface area contributed by atoms with E-state index in [-0.39, 0.29) is 5.92 Å². The normalized spacial score (nSPS) is 15.6. The van der Waals surface area contributed by atoms with Crippen LogP contribution in [0.25, 0.3) is 10.1 Å². The van der Waals surface area contributed by atoms with Crippen LogP contribution in [0.2, 0.25) is 0 Å². The molecule has 0 aliphatic heterocycles. The van der Waals surface area contributed by atoms with Gasteiger partial charge in [-0.2, -0.15) is 0 Å². The Morgan fingerprint density at radius 2 is 1.88 bits per heavy atom. The van der Waals surface area contributed by atoms with Gasteiger partial charge >= 0.3 is 0 Å². The average Bonchev–Trinajstić information content (AvgIpc) is 2.63. The topological polar surface area (TPSA) is 0 Å². The number of halogens is 1. The maximum atomic E-state index is 13.6. The monoisotopic (exact) mass is 236 g/mol. The van der Waals surface area contributed by atoms with Gasteiger partial charge in [-0.1, -0.05) is 19.9 Å². The van der Waals surface area contributed by atoms with Gasteiger partial charge in [0.05, 0.1) is 0 Å². The van der Waals surface area contributed by atoms with E-state index in [4.69, 9.17) is 0 Å². The highest BCUT2D eigenvalue weighted by molar-refractivity contribution is 7.17. The van der Waals surface area contributed by atoms with Gasteiger partial charge in [0.25, 0.3) is 0 Å². The minimum absolute atomic E-state index is 0.00398. The van der Waals surface area contributed by atoms with Crippen LogP contribution in [0.3, 0.4) is 0 Å². The summed E-state index contributed by atoms with van der Waals surface area (Å²) in [6, 6.07) is 8.41. The lowest BCUT2D eigenvalue weighted by atomic mass is 9.85. The Morgan fingerprint density at radius 3 is 2.50 bits per heavy atom. The third kappa shape index (κ3) is 2.12. The Labute approximate surface area is 100 Å². The van der Waals surface area contributed by atoms with E-state index in [9.17, 15) is 4.39 Å². The van der Waals surface area contributed by atoms with Gasteiger partial charge in [-0.15, -0.1) is 11.3 Å². The summed E-state index contributed by atoms with van der Waals surface area (Å²) >= 11 is 1.73. The second-order valence-corrected chi connectivity index (χ2v) is 5.61. The second-order valence-electron chi connectivity index (χ2n) is 4.67. The molecule has 1 aromatic heterocycles. The summed E-state index contributed by atoms with van der Waals surface area (Å²) in [4.78, 5) is 0. The molecule has 2 heteroatoms. The molecule has 0 fully saturated rings. The highest BCUT2D eigenvalue weighted by atomic mass is 32.1. The van der Waals surface area contributed by atoms with Crippen LogP contribution in [-0.4, -0.2) is 6.17 Å². The summed E-state index contributed by atoms with van der Waals surface area (Å²) in [7, 11) is 0. The number of hydrogen-bond donors (Lipinski definition) is 0. The number of thiophene rings is 1. The smallest absolute Gasteiger partial charge is 0.104 e. The largest absolute Gasteiger partial charge is 0.247 e. The van der Waals surface area contributed by atoms with E-state index in [1.54, 1.807) is 18.3 Å². The van der Waals surface area contributed by atoms with Crippen molar-refractivity contribution in [1.82, 2.24) is 0 Å². The predicted molar refractivity (Wildman–Crippen MR) is 70.0 cm³/mol. The first-order valence-electron chi connectivity index (χ1n) is 5.71. The van der Waals surface area contributed by atoms with Crippen LogP contribution in [0.5, 0.6) is 0 Å². The molecule has 0 radical (unpaired) electrons. The standard InChI is InChI=1S/C14H17FS/c1-9(2)14(10(3)15)12-4-5-13-11(8-12)6-7-16-13/h4-10,14H,1-3H3. The highest BCUT2D eigenvalue weighted by Gasteiger charge is 2.22. The molecule has 2 rings (SSSR count). The van der Waals surface area contributed by atoms with Crippen LogP contribution in [0.4, 0.5) is 4.39 Å². The SMILES string of the molecule is CC(C)C(c1ccc2sccc2c1)C(C)F. The molecule has 0 amide bonds. The minimum Gasteiger partial charge on any atom is -0.247 e. The molecule has 0 aliphatic rings. The van der Waals surface area contributed by atoms with Gasteiger partial charge in [-0.25, -0.2) is 4.39 Å². The van der Waals surface area contributed by atoms with E-state index < -0.39 is 6.17 Å². The van der Waals surface area contributed by atoms with E-state index >= 15 is 0 Å². The number of rotatable bonds is 3. The third-order valence-corrected chi connectivity index (χ3v) is 3.97. The van der Waals surface area contributed by atoms with E-state index in [1.165, 1.54) is 10.1 Å². The maximum absolute atomic E-state index is 13.6. The van der Waals surface area contributed by atoms with Crippen LogP contribution in [-0.2, 0) is 0 Å². The van der Waals surface area contributed by atoms with Gasteiger partial charge in [0.1, 0.15) is 6.17 Å². The zero-order valence-electron chi connectivity index (χ0n) is 9.91. The van der Waals surface area contributed by atoms with E-state index in [0.717, 1.165) is 5.56 Å².